The van der Waals surface area contributed by atoms with Gasteiger partial charge in [-0.3, -0.25) is 9.59 Å². The number of hydrogen-bond donors (Lipinski definition) is 0. The Hall–Kier alpha value is -3.78. The number of rotatable bonds is 5. The molecule has 0 atom stereocenters. The highest BCUT2D eigenvalue weighted by molar-refractivity contribution is 5.95. The van der Waals surface area contributed by atoms with Gasteiger partial charge in [0.15, 0.2) is 0 Å². The second-order valence-corrected chi connectivity index (χ2v) is 6.58. The lowest BCUT2D eigenvalue weighted by Gasteiger charge is -2.16. The molecule has 0 N–H and O–H groups in total. The van der Waals surface area contributed by atoms with Gasteiger partial charge in [0, 0.05) is 11.1 Å². The maximum Gasteiger partial charge on any atom is 0.150 e. The minimum atomic E-state index is 0.633. The van der Waals surface area contributed by atoms with E-state index in [-0.39, 0.29) is 0 Å². The van der Waals surface area contributed by atoms with Gasteiger partial charge in [0.1, 0.15) is 12.6 Å². The van der Waals surface area contributed by atoms with Crippen LogP contribution in [0.5, 0.6) is 0 Å². The van der Waals surface area contributed by atoms with Crippen LogP contribution in [0, 0.1) is 0 Å². The Morgan fingerprint density at radius 2 is 0.821 bits per heavy atom. The average molecular weight is 362 g/mol. The lowest BCUT2D eigenvalue weighted by molar-refractivity contribution is 0.111. The molecule has 2 heteroatoms. The first-order valence-corrected chi connectivity index (χ1v) is 9.10. The van der Waals surface area contributed by atoms with E-state index in [1.165, 1.54) is 0 Å². The van der Waals surface area contributed by atoms with Crippen molar-refractivity contribution in [2.24, 2.45) is 0 Å². The van der Waals surface area contributed by atoms with Gasteiger partial charge in [0.05, 0.1) is 0 Å². The van der Waals surface area contributed by atoms with Gasteiger partial charge >= 0.3 is 0 Å². The van der Waals surface area contributed by atoms with Crippen LogP contribution >= 0.6 is 0 Å². The fraction of sp³-hybridized carbons (Fsp3) is 0. The highest BCUT2D eigenvalue weighted by Gasteiger charge is 2.14. The smallest absolute Gasteiger partial charge is 0.150 e. The van der Waals surface area contributed by atoms with Gasteiger partial charge in [-0.15, -0.1) is 0 Å². The van der Waals surface area contributed by atoms with Crippen LogP contribution in [0.4, 0.5) is 0 Å². The van der Waals surface area contributed by atoms with Gasteiger partial charge in [-0.2, -0.15) is 0 Å². The third kappa shape index (κ3) is 3.40. The molecule has 0 aliphatic heterocycles. The number of aldehydes is 2. The normalized spacial score (nSPS) is 10.4. The SMILES string of the molecule is O=Cc1ccc(-c2ccc(C=O)cc2-c2ccccc2)c(-c2ccccc2)c1. The zero-order valence-electron chi connectivity index (χ0n) is 15.2. The molecule has 0 aliphatic rings. The molecule has 4 rings (SSSR count). The predicted octanol–water partition coefficient (Wildman–Crippen LogP) is 6.31. The predicted molar refractivity (Wildman–Crippen MR) is 114 cm³/mol. The van der Waals surface area contributed by atoms with Crippen LogP contribution in [0.2, 0.25) is 0 Å². The molecule has 0 fully saturated rings. The Balaban J connectivity index is 2.00. The molecule has 0 amide bonds. The van der Waals surface area contributed by atoms with Crippen molar-refractivity contribution < 1.29 is 9.59 Å². The third-order valence-electron chi connectivity index (χ3n) is 4.82. The molecule has 134 valence electrons. The fourth-order valence-electron chi connectivity index (χ4n) is 3.45. The summed E-state index contributed by atoms with van der Waals surface area (Å²) >= 11 is 0. The first-order chi connectivity index (χ1) is 13.8. The summed E-state index contributed by atoms with van der Waals surface area (Å²) in [4.78, 5) is 22.7. The van der Waals surface area contributed by atoms with Crippen molar-refractivity contribution in [3.05, 3.63) is 108 Å². The Morgan fingerprint density at radius 1 is 0.429 bits per heavy atom. The Labute approximate surface area is 164 Å². The summed E-state index contributed by atoms with van der Waals surface area (Å²) < 4.78 is 0. The van der Waals surface area contributed by atoms with Gasteiger partial charge in [-0.05, 0) is 45.5 Å². The molecule has 2 nitrogen and oxygen atoms in total. The second kappa shape index (κ2) is 7.85. The Kier molecular flexibility index (Phi) is 4.94. The van der Waals surface area contributed by atoms with Gasteiger partial charge < -0.3 is 0 Å². The molecule has 0 bridgehead atoms. The summed E-state index contributed by atoms with van der Waals surface area (Å²) in [5, 5.41) is 0. The maximum absolute atomic E-state index is 11.4. The minimum Gasteiger partial charge on any atom is -0.298 e. The van der Waals surface area contributed by atoms with E-state index in [2.05, 4.69) is 0 Å². The van der Waals surface area contributed by atoms with Crippen molar-refractivity contribution in [2.75, 3.05) is 0 Å². The van der Waals surface area contributed by atoms with Crippen LogP contribution in [-0.4, -0.2) is 12.6 Å². The van der Waals surface area contributed by atoms with Crippen molar-refractivity contribution in [3.8, 4) is 33.4 Å². The molecule has 0 unspecified atom stereocenters. The molecular formula is C26H18O2. The molecular weight excluding hydrogens is 344 g/mol. The second-order valence-electron chi connectivity index (χ2n) is 6.58. The summed E-state index contributed by atoms with van der Waals surface area (Å²) in [6.45, 7) is 0. The first kappa shape index (κ1) is 17.6. The van der Waals surface area contributed by atoms with E-state index >= 15 is 0 Å². The van der Waals surface area contributed by atoms with Crippen molar-refractivity contribution in [1.29, 1.82) is 0 Å². The molecule has 0 saturated carbocycles. The number of benzene rings is 4. The van der Waals surface area contributed by atoms with Crippen molar-refractivity contribution >= 4 is 12.6 Å². The van der Waals surface area contributed by atoms with Crippen molar-refractivity contribution in [3.63, 3.8) is 0 Å². The number of carbonyl (C=O) groups excluding carboxylic acids is 2. The van der Waals surface area contributed by atoms with E-state index in [9.17, 15) is 9.59 Å². The van der Waals surface area contributed by atoms with Crippen LogP contribution in [0.25, 0.3) is 33.4 Å². The first-order valence-electron chi connectivity index (χ1n) is 9.10. The Bertz CT molecular complexity index is 1040. The molecule has 0 saturated heterocycles. The summed E-state index contributed by atoms with van der Waals surface area (Å²) in [6.07, 6.45) is 1.73. The minimum absolute atomic E-state index is 0.633. The quantitative estimate of drug-likeness (QED) is 0.390. The maximum atomic E-state index is 11.4. The average Bonchev–Trinajstić information content (AvgIpc) is 2.79. The zero-order valence-corrected chi connectivity index (χ0v) is 15.2. The van der Waals surface area contributed by atoms with Crippen LogP contribution in [0.3, 0.4) is 0 Å². The van der Waals surface area contributed by atoms with Crippen molar-refractivity contribution in [1.82, 2.24) is 0 Å². The van der Waals surface area contributed by atoms with E-state index < -0.39 is 0 Å². The van der Waals surface area contributed by atoms with Crippen LogP contribution in [-0.2, 0) is 0 Å². The molecule has 0 aliphatic carbocycles. The van der Waals surface area contributed by atoms with E-state index in [0.29, 0.717) is 11.1 Å². The van der Waals surface area contributed by atoms with Crippen LogP contribution in [0.1, 0.15) is 20.7 Å². The zero-order chi connectivity index (χ0) is 19.3. The summed E-state index contributed by atoms with van der Waals surface area (Å²) in [6, 6.07) is 31.5. The summed E-state index contributed by atoms with van der Waals surface area (Å²) in [7, 11) is 0. The lowest BCUT2D eigenvalue weighted by Crippen LogP contribution is -1.93. The molecule has 4 aromatic rings. The highest BCUT2D eigenvalue weighted by atomic mass is 16.1. The van der Waals surface area contributed by atoms with Gasteiger partial charge in [-0.1, -0.05) is 84.9 Å². The summed E-state index contributed by atoms with van der Waals surface area (Å²) in [5.74, 6) is 0. The van der Waals surface area contributed by atoms with E-state index in [1.807, 2.05) is 97.1 Å². The lowest BCUT2D eigenvalue weighted by atomic mass is 9.88. The molecule has 0 radical (unpaired) electrons. The van der Waals surface area contributed by atoms with Crippen LogP contribution in [0.15, 0.2) is 97.1 Å². The monoisotopic (exact) mass is 362 g/mol. The molecule has 4 aromatic carbocycles. The topological polar surface area (TPSA) is 34.1 Å². The fourth-order valence-corrected chi connectivity index (χ4v) is 3.45. The van der Waals surface area contributed by atoms with E-state index in [1.54, 1.807) is 0 Å². The van der Waals surface area contributed by atoms with Crippen molar-refractivity contribution in [2.45, 2.75) is 0 Å². The van der Waals surface area contributed by atoms with E-state index in [4.69, 9.17) is 0 Å². The molecule has 0 spiro atoms. The Morgan fingerprint density at radius 3 is 1.18 bits per heavy atom. The molecule has 28 heavy (non-hydrogen) atoms. The largest absolute Gasteiger partial charge is 0.298 e. The highest BCUT2D eigenvalue weighted by Crippen LogP contribution is 2.38. The molecule has 0 heterocycles. The van der Waals surface area contributed by atoms with E-state index in [0.717, 1.165) is 46.0 Å². The van der Waals surface area contributed by atoms with Gasteiger partial charge in [0.25, 0.3) is 0 Å². The standard InChI is InChI=1S/C26H18O2/c27-17-19-11-13-23(25(15-19)21-7-3-1-4-8-21)24-14-12-20(18-28)16-26(24)22-9-5-2-6-10-22/h1-18H. The van der Waals surface area contributed by atoms with Gasteiger partial charge in [-0.25, -0.2) is 0 Å². The van der Waals surface area contributed by atoms with Crippen LogP contribution < -0.4 is 0 Å². The number of carbonyl (C=O) groups is 2. The molecule has 0 aromatic heterocycles. The van der Waals surface area contributed by atoms with Gasteiger partial charge in [0.2, 0.25) is 0 Å². The summed E-state index contributed by atoms with van der Waals surface area (Å²) in [5.41, 5.74) is 7.37. The third-order valence-corrected chi connectivity index (χ3v) is 4.82. The number of hydrogen-bond acceptors (Lipinski definition) is 2.